The molecule has 2 heterocycles. The average Bonchev–Trinajstić information content (AvgIpc) is 3.18. The van der Waals surface area contributed by atoms with Crippen molar-refractivity contribution in [3.63, 3.8) is 0 Å². The third-order valence-electron chi connectivity index (χ3n) is 6.80. The lowest BCUT2D eigenvalue weighted by atomic mass is 9.82. The zero-order chi connectivity index (χ0) is 19.6. The van der Waals surface area contributed by atoms with Crippen LogP contribution >= 0.6 is 0 Å². The summed E-state index contributed by atoms with van der Waals surface area (Å²) in [6, 6.07) is 10.7. The Kier molecular flexibility index (Phi) is 5.41. The monoisotopic (exact) mass is 378 g/mol. The number of benzene rings is 1. The second kappa shape index (κ2) is 7.97. The van der Waals surface area contributed by atoms with Gasteiger partial charge < -0.3 is 10.3 Å². The summed E-state index contributed by atoms with van der Waals surface area (Å²) in [6.45, 7) is 3.81. The number of nitriles is 1. The molecule has 1 aromatic carbocycles. The van der Waals surface area contributed by atoms with Gasteiger partial charge in [0.2, 0.25) is 5.91 Å². The van der Waals surface area contributed by atoms with Crippen LogP contribution in [0, 0.1) is 11.3 Å². The number of fused-ring (bicyclic) bond motifs is 1. The highest BCUT2D eigenvalue weighted by Crippen LogP contribution is 2.34. The van der Waals surface area contributed by atoms with E-state index in [9.17, 15) is 10.1 Å². The van der Waals surface area contributed by atoms with E-state index in [1.807, 2.05) is 6.92 Å². The Morgan fingerprint density at radius 3 is 2.68 bits per heavy atom. The van der Waals surface area contributed by atoms with Crippen molar-refractivity contribution in [2.24, 2.45) is 0 Å². The Morgan fingerprint density at radius 2 is 1.96 bits per heavy atom. The molecule has 1 aliphatic carbocycles. The molecule has 0 spiro atoms. The third kappa shape index (κ3) is 3.66. The third-order valence-corrected chi connectivity index (χ3v) is 6.80. The van der Waals surface area contributed by atoms with Crippen molar-refractivity contribution in [1.82, 2.24) is 15.2 Å². The minimum atomic E-state index is -0.647. The molecule has 2 N–H and O–H groups in total. The van der Waals surface area contributed by atoms with E-state index in [1.54, 1.807) is 0 Å². The molecule has 2 aromatic rings. The van der Waals surface area contributed by atoms with Crippen LogP contribution in [0.25, 0.3) is 10.9 Å². The van der Waals surface area contributed by atoms with Gasteiger partial charge in [-0.3, -0.25) is 9.69 Å². The van der Waals surface area contributed by atoms with E-state index in [0.29, 0.717) is 5.92 Å². The standard InChI is InChI=1S/C23H30N4O/c1-17(22(28)26-23(16-24)11-5-2-6-12-23)27-13-9-18(10-14-27)20-15-25-21-8-4-3-7-19(20)21/h3-4,7-8,15,17-18,25H,2,5-6,9-14H2,1H3,(H,26,28). The second-order valence-electron chi connectivity index (χ2n) is 8.52. The Hall–Kier alpha value is -2.32. The summed E-state index contributed by atoms with van der Waals surface area (Å²) in [6.07, 6.45) is 9.05. The van der Waals surface area contributed by atoms with Gasteiger partial charge in [-0.2, -0.15) is 5.26 Å². The normalized spacial score (nSPS) is 21.9. The van der Waals surface area contributed by atoms with Crippen molar-refractivity contribution in [2.75, 3.05) is 13.1 Å². The molecule has 1 saturated heterocycles. The lowest BCUT2D eigenvalue weighted by Crippen LogP contribution is -2.55. The van der Waals surface area contributed by atoms with Gasteiger partial charge in [-0.1, -0.05) is 37.5 Å². The van der Waals surface area contributed by atoms with Crippen LogP contribution in [0.15, 0.2) is 30.5 Å². The van der Waals surface area contributed by atoms with E-state index >= 15 is 0 Å². The molecule has 1 aromatic heterocycles. The van der Waals surface area contributed by atoms with Gasteiger partial charge in [-0.05, 0) is 63.2 Å². The van der Waals surface area contributed by atoms with E-state index in [0.717, 1.165) is 58.0 Å². The molecule has 2 fully saturated rings. The number of carbonyl (C=O) groups is 1. The summed E-state index contributed by atoms with van der Waals surface area (Å²) in [5.74, 6) is 0.542. The molecule has 0 radical (unpaired) electrons. The lowest BCUT2D eigenvalue weighted by molar-refractivity contribution is -0.128. The summed E-state index contributed by atoms with van der Waals surface area (Å²) in [5, 5.41) is 14.0. The average molecular weight is 379 g/mol. The molecule has 1 saturated carbocycles. The van der Waals surface area contributed by atoms with Gasteiger partial charge in [-0.25, -0.2) is 0 Å². The van der Waals surface area contributed by atoms with Crippen LogP contribution in [0.4, 0.5) is 0 Å². The van der Waals surface area contributed by atoms with E-state index in [4.69, 9.17) is 0 Å². The van der Waals surface area contributed by atoms with Crippen LogP contribution in [0.2, 0.25) is 0 Å². The smallest absolute Gasteiger partial charge is 0.238 e. The molecule has 1 amide bonds. The Morgan fingerprint density at radius 1 is 1.25 bits per heavy atom. The van der Waals surface area contributed by atoms with Crippen LogP contribution in [0.5, 0.6) is 0 Å². The van der Waals surface area contributed by atoms with Crippen molar-refractivity contribution >= 4 is 16.8 Å². The first kappa shape index (κ1) is 19.0. The van der Waals surface area contributed by atoms with Crippen molar-refractivity contribution in [3.8, 4) is 6.07 Å². The molecule has 1 aliphatic heterocycles. The van der Waals surface area contributed by atoms with Crippen LogP contribution in [0.3, 0.4) is 0 Å². The number of H-pyrrole nitrogens is 1. The molecule has 5 nitrogen and oxygen atoms in total. The summed E-state index contributed by atoms with van der Waals surface area (Å²) in [4.78, 5) is 18.5. The fraction of sp³-hybridized carbons (Fsp3) is 0.565. The Labute approximate surface area is 167 Å². The maximum atomic E-state index is 12.9. The largest absolute Gasteiger partial charge is 0.361 e. The van der Waals surface area contributed by atoms with Gasteiger partial charge in [-0.15, -0.1) is 0 Å². The number of hydrogen-bond donors (Lipinski definition) is 2. The predicted octanol–water partition coefficient (Wildman–Crippen LogP) is 4.08. The molecule has 28 heavy (non-hydrogen) atoms. The maximum absolute atomic E-state index is 12.9. The van der Waals surface area contributed by atoms with Crippen molar-refractivity contribution in [1.29, 1.82) is 5.26 Å². The number of hydrogen-bond acceptors (Lipinski definition) is 3. The lowest BCUT2D eigenvalue weighted by Gasteiger charge is -2.38. The molecule has 2 aliphatic rings. The Bertz CT molecular complexity index is 866. The second-order valence-corrected chi connectivity index (χ2v) is 8.52. The molecular weight excluding hydrogens is 348 g/mol. The summed E-state index contributed by atoms with van der Waals surface area (Å²) < 4.78 is 0. The van der Waals surface area contributed by atoms with Crippen LogP contribution in [-0.4, -0.2) is 40.5 Å². The number of rotatable bonds is 4. The highest BCUT2D eigenvalue weighted by molar-refractivity contribution is 5.84. The zero-order valence-electron chi connectivity index (χ0n) is 16.7. The molecule has 4 rings (SSSR count). The van der Waals surface area contributed by atoms with Gasteiger partial charge in [0, 0.05) is 17.1 Å². The number of para-hydroxylation sites is 1. The van der Waals surface area contributed by atoms with Crippen LogP contribution in [0.1, 0.15) is 63.4 Å². The summed E-state index contributed by atoms with van der Waals surface area (Å²) in [5.41, 5.74) is 1.95. The van der Waals surface area contributed by atoms with E-state index < -0.39 is 5.54 Å². The first-order valence-electron chi connectivity index (χ1n) is 10.7. The summed E-state index contributed by atoms with van der Waals surface area (Å²) in [7, 11) is 0. The van der Waals surface area contributed by atoms with Gasteiger partial charge in [0.15, 0.2) is 0 Å². The molecule has 5 heteroatoms. The number of piperidine rings is 1. The van der Waals surface area contributed by atoms with Crippen molar-refractivity contribution < 1.29 is 4.79 Å². The number of aromatic amines is 1. The minimum Gasteiger partial charge on any atom is -0.361 e. The number of carbonyl (C=O) groups excluding carboxylic acids is 1. The molecular formula is C23H30N4O. The number of nitrogens with zero attached hydrogens (tertiary/aromatic N) is 2. The first-order chi connectivity index (χ1) is 13.6. The summed E-state index contributed by atoms with van der Waals surface area (Å²) >= 11 is 0. The van der Waals surface area contributed by atoms with E-state index in [1.165, 1.54) is 16.5 Å². The molecule has 1 unspecified atom stereocenters. The van der Waals surface area contributed by atoms with Gasteiger partial charge >= 0.3 is 0 Å². The van der Waals surface area contributed by atoms with Crippen molar-refractivity contribution in [3.05, 3.63) is 36.0 Å². The zero-order valence-corrected chi connectivity index (χ0v) is 16.7. The first-order valence-corrected chi connectivity index (χ1v) is 10.7. The quantitative estimate of drug-likeness (QED) is 0.842. The van der Waals surface area contributed by atoms with Crippen molar-refractivity contribution in [2.45, 2.75) is 69.4 Å². The minimum absolute atomic E-state index is 0.00833. The number of aromatic nitrogens is 1. The van der Waals surface area contributed by atoms with Crippen LogP contribution in [-0.2, 0) is 4.79 Å². The highest BCUT2D eigenvalue weighted by Gasteiger charge is 2.36. The maximum Gasteiger partial charge on any atom is 0.238 e. The molecule has 0 bridgehead atoms. The fourth-order valence-electron chi connectivity index (χ4n) is 4.96. The SMILES string of the molecule is CC(C(=O)NC1(C#N)CCCCC1)N1CCC(c2c[nH]c3ccccc23)CC1. The molecule has 1 atom stereocenters. The topological polar surface area (TPSA) is 71.9 Å². The fourth-order valence-corrected chi connectivity index (χ4v) is 4.96. The van der Waals surface area contributed by atoms with Crippen LogP contribution < -0.4 is 5.32 Å². The van der Waals surface area contributed by atoms with E-state index in [2.05, 4.69) is 51.7 Å². The van der Waals surface area contributed by atoms with Gasteiger partial charge in [0.1, 0.15) is 5.54 Å². The highest BCUT2D eigenvalue weighted by atomic mass is 16.2. The van der Waals surface area contributed by atoms with Gasteiger partial charge in [0.25, 0.3) is 0 Å². The number of amides is 1. The Balaban J connectivity index is 1.36. The number of likely N-dealkylation sites (tertiary alicyclic amines) is 1. The van der Waals surface area contributed by atoms with Gasteiger partial charge in [0.05, 0.1) is 12.1 Å². The number of nitrogens with one attached hydrogen (secondary N) is 2. The molecule has 148 valence electrons. The predicted molar refractivity (Wildman–Crippen MR) is 111 cm³/mol. The van der Waals surface area contributed by atoms with E-state index in [-0.39, 0.29) is 11.9 Å².